The second-order valence-corrected chi connectivity index (χ2v) is 4.91. The van der Waals surface area contributed by atoms with Gasteiger partial charge in [0.1, 0.15) is 0 Å². The van der Waals surface area contributed by atoms with Crippen molar-refractivity contribution in [2.24, 2.45) is 5.16 Å². The van der Waals surface area contributed by atoms with E-state index in [0.717, 1.165) is 11.3 Å². The number of carbonyl (C=O) groups excluding carboxylic acids is 1. The maximum atomic E-state index is 12.3. The lowest BCUT2D eigenvalue weighted by atomic mass is 10.1. The molecule has 5 heteroatoms. The van der Waals surface area contributed by atoms with Gasteiger partial charge >= 0.3 is 0 Å². The maximum Gasteiger partial charge on any atom is 0.253 e. The van der Waals surface area contributed by atoms with Crippen molar-refractivity contribution in [3.8, 4) is 0 Å². The van der Waals surface area contributed by atoms with Gasteiger partial charge in [0.15, 0.2) is 0 Å². The van der Waals surface area contributed by atoms with E-state index in [1.54, 1.807) is 11.0 Å². The molecule has 4 nitrogen and oxygen atoms in total. The highest BCUT2D eigenvalue weighted by molar-refractivity contribution is 6.31. The molecule has 2 rings (SSSR count). The summed E-state index contributed by atoms with van der Waals surface area (Å²) in [5.74, 6) is -0.0161. The van der Waals surface area contributed by atoms with Gasteiger partial charge < -0.3 is 10.1 Å². The number of rotatable bonds is 1. The Labute approximate surface area is 111 Å². The minimum absolute atomic E-state index is 0.0161. The lowest BCUT2D eigenvalue weighted by Crippen LogP contribution is -2.38. The molecule has 0 aromatic heterocycles. The van der Waals surface area contributed by atoms with Crippen molar-refractivity contribution in [2.45, 2.75) is 19.8 Å². The second-order valence-electron chi connectivity index (χ2n) is 4.48. The Balaban J connectivity index is 2.12. The number of carbonyl (C=O) groups is 1. The monoisotopic (exact) mass is 266 g/mol. The molecular weight excluding hydrogens is 252 g/mol. The Morgan fingerprint density at radius 1 is 1.33 bits per heavy atom. The largest absolute Gasteiger partial charge is 0.411 e. The van der Waals surface area contributed by atoms with Crippen LogP contribution in [0.25, 0.3) is 0 Å². The van der Waals surface area contributed by atoms with Crippen LogP contribution < -0.4 is 0 Å². The Morgan fingerprint density at radius 3 is 2.56 bits per heavy atom. The van der Waals surface area contributed by atoms with Crippen molar-refractivity contribution in [1.82, 2.24) is 4.90 Å². The Kier molecular flexibility index (Phi) is 3.87. The number of halogens is 1. The van der Waals surface area contributed by atoms with Crippen LogP contribution in [0.5, 0.6) is 0 Å². The van der Waals surface area contributed by atoms with E-state index < -0.39 is 0 Å². The zero-order valence-corrected chi connectivity index (χ0v) is 10.9. The number of oxime groups is 1. The van der Waals surface area contributed by atoms with Crippen molar-refractivity contribution in [1.29, 1.82) is 0 Å². The van der Waals surface area contributed by atoms with Crippen LogP contribution in [0.4, 0.5) is 0 Å². The quantitative estimate of drug-likeness (QED) is 0.628. The maximum absolute atomic E-state index is 12.3. The van der Waals surface area contributed by atoms with Crippen molar-refractivity contribution in [2.75, 3.05) is 13.1 Å². The molecule has 1 saturated heterocycles. The number of benzene rings is 1. The molecule has 96 valence electrons. The van der Waals surface area contributed by atoms with Crippen LogP contribution in [0.15, 0.2) is 23.4 Å². The molecule has 1 aliphatic heterocycles. The van der Waals surface area contributed by atoms with Gasteiger partial charge in [-0.2, -0.15) is 0 Å². The summed E-state index contributed by atoms with van der Waals surface area (Å²) in [7, 11) is 0. The summed E-state index contributed by atoms with van der Waals surface area (Å²) in [5.41, 5.74) is 2.34. The lowest BCUT2D eigenvalue weighted by molar-refractivity contribution is 0.0753. The van der Waals surface area contributed by atoms with Gasteiger partial charge in [0.2, 0.25) is 0 Å². The van der Waals surface area contributed by atoms with Crippen LogP contribution in [-0.4, -0.2) is 34.8 Å². The molecule has 18 heavy (non-hydrogen) atoms. The minimum Gasteiger partial charge on any atom is -0.411 e. The molecule has 0 aliphatic carbocycles. The Hall–Kier alpha value is -1.55. The molecule has 1 fully saturated rings. The number of hydrogen-bond donors (Lipinski definition) is 1. The summed E-state index contributed by atoms with van der Waals surface area (Å²) in [6.45, 7) is 3.09. The summed E-state index contributed by atoms with van der Waals surface area (Å²) in [6.07, 6.45) is 1.25. The van der Waals surface area contributed by atoms with Crippen LogP contribution >= 0.6 is 11.6 Å². The van der Waals surface area contributed by atoms with Gasteiger partial charge in [0.25, 0.3) is 5.91 Å². The number of aryl methyl sites for hydroxylation is 1. The predicted octanol–water partition coefficient (Wildman–Crippen LogP) is 2.71. The molecule has 1 aliphatic rings. The smallest absolute Gasteiger partial charge is 0.253 e. The molecule has 0 spiro atoms. The molecule has 0 bridgehead atoms. The highest BCUT2D eigenvalue weighted by atomic mass is 35.5. The van der Waals surface area contributed by atoms with Crippen LogP contribution in [0.2, 0.25) is 5.02 Å². The van der Waals surface area contributed by atoms with Crippen LogP contribution in [0.3, 0.4) is 0 Å². The fourth-order valence-corrected chi connectivity index (χ4v) is 2.40. The molecule has 0 unspecified atom stereocenters. The first-order chi connectivity index (χ1) is 8.60. The van der Waals surface area contributed by atoms with Crippen molar-refractivity contribution >= 4 is 23.2 Å². The number of hydrogen-bond acceptors (Lipinski definition) is 3. The summed E-state index contributed by atoms with van der Waals surface area (Å²) in [4.78, 5) is 14.0. The van der Waals surface area contributed by atoms with E-state index >= 15 is 0 Å². The van der Waals surface area contributed by atoms with Crippen molar-refractivity contribution in [3.63, 3.8) is 0 Å². The van der Waals surface area contributed by atoms with Gasteiger partial charge in [-0.15, -0.1) is 0 Å². The molecule has 1 aromatic carbocycles. The summed E-state index contributed by atoms with van der Waals surface area (Å²) >= 11 is 5.96. The van der Waals surface area contributed by atoms with E-state index in [4.69, 9.17) is 16.8 Å². The van der Waals surface area contributed by atoms with Crippen LogP contribution in [0, 0.1) is 6.92 Å². The molecule has 0 saturated carbocycles. The van der Waals surface area contributed by atoms with Crippen molar-refractivity contribution < 1.29 is 10.0 Å². The Bertz CT molecular complexity index is 470. The lowest BCUT2D eigenvalue weighted by Gasteiger charge is -2.27. The molecule has 1 heterocycles. The first-order valence-corrected chi connectivity index (χ1v) is 6.24. The van der Waals surface area contributed by atoms with Gasteiger partial charge in [-0.3, -0.25) is 4.79 Å². The first-order valence-electron chi connectivity index (χ1n) is 5.86. The normalized spacial score (nSPS) is 15.7. The average molecular weight is 267 g/mol. The third-order valence-corrected chi connectivity index (χ3v) is 3.28. The second kappa shape index (κ2) is 5.40. The molecular formula is C13H15ClN2O2. The molecule has 1 amide bonds. The van der Waals surface area contributed by atoms with Gasteiger partial charge in [-0.1, -0.05) is 16.8 Å². The topological polar surface area (TPSA) is 52.9 Å². The molecule has 1 aromatic rings. The molecule has 0 atom stereocenters. The van der Waals surface area contributed by atoms with E-state index in [1.165, 1.54) is 0 Å². The zero-order chi connectivity index (χ0) is 13.1. The van der Waals surface area contributed by atoms with Gasteiger partial charge in [-0.25, -0.2) is 0 Å². The van der Waals surface area contributed by atoms with Crippen LogP contribution in [-0.2, 0) is 0 Å². The van der Waals surface area contributed by atoms with Gasteiger partial charge in [0.05, 0.1) is 5.71 Å². The number of nitrogens with zero attached hydrogens (tertiary/aromatic N) is 2. The van der Waals surface area contributed by atoms with Crippen molar-refractivity contribution in [3.05, 3.63) is 34.3 Å². The molecule has 0 radical (unpaired) electrons. The Morgan fingerprint density at radius 2 is 2.00 bits per heavy atom. The summed E-state index contributed by atoms with van der Waals surface area (Å²) in [6, 6.07) is 5.35. The third-order valence-electron chi connectivity index (χ3n) is 3.06. The predicted molar refractivity (Wildman–Crippen MR) is 70.5 cm³/mol. The standard InChI is InChI=1S/C13H15ClN2O2/c1-9-6-10(8-11(14)7-9)13(17)16-4-2-12(15-18)3-5-16/h6-8,18H,2-5H2,1H3. The number of amides is 1. The number of piperidine rings is 1. The highest BCUT2D eigenvalue weighted by Crippen LogP contribution is 2.18. The summed E-state index contributed by atoms with van der Waals surface area (Å²) in [5, 5.41) is 12.4. The SMILES string of the molecule is Cc1cc(Cl)cc(C(=O)N2CCC(=NO)CC2)c1. The fraction of sp³-hybridized carbons (Fsp3) is 0.385. The third kappa shape index (κ3) is 2.82. The fourth-order valence-electron chi connectivity index (χ4n) is 2.11. The number of likely N-dealkylation sites (tertiary alicyclic amines) is 1. The van der Waals surface area contributed by atoms with Crippen LogP contribution in [0.1, 0.15) is 28.8 Å². The zero-order valence-electron chi connectivity index (χ0n) is 10.2. The summed E-state index contributed by atoms with van der Waals surface area (Å²) < 4.78 is 0. The minimum atomic E-state index is -0.0161. The van der Waals surface area contributed by atoms with E-state index in [-0.39, 0.29) is 5.91 Å². The van der Waals surface area contributed by atoms with Gasteiger partial charge in [0, 0.05) is 36.5 Å². The highest BCUT2D eigenvalue weighted by Gasteiger charge is 2.21. The van der Waals surface area contributed by atoms with E-state index in [0.29, 0.717) is 36.5 Å². The van der Waals surface area contributed by atoms with E-state index in [9.17, 15) is 4.79 Å². The van der Waals surface area contributed by atoms with E-state index in [2.05, 4.69) is 5.16 Å². The van der Waals surface area contributed by atoms with Gasteiger partial charge in [-0.05, 0) is 30.7 Å². The van der Waals surface area contributed by atoms with E-state index in [1.807, 2.05) is 19.1 Å². The average Bonchev–Trinajstić information content (AvgIpc) is 2.37. The molecule has 1 N–H and O–H groups in total. The first kappa shape index (κ1) is 12.9.